The number of rotatable bonds is 8. The van der Waals surface area contributed by atoms with E-state index in [2.05, 4.69) is 52.5 Å². The summed E-state index contributed by atoms with van der Waals surface area (Å²) in [5, 5.41) is 10.7. The summed E-state index contributed by atoms with van der Waals surface area (Å²) in [7, 11) is 0. The van der Waals surface area contributed by atoms with Gasteiger partial charge in [-0.1, -0.05) is 75.5 Å². The van der Waals surface area contributed by atoms with Gasteiger partial charge in [-0.2, -0.15) is 0 Å². The van der Waals surface area contributed by atoms with E-state index in [-0.39, 0.29) is 5.92 Å². The lowest BCUT2D eigenvalue weighted by Crippen LogP contribution is -2.17. The van der Waals surface area contributed by atoms with Gasteiger partial charge >= 0.3 is 0 Å². The van der Waals surface area contributed by atoms with Crippen LogP contribution in [0, 0.1) is 11.8 Å². The molecule has 25 heavy (non-hydrogen) atoms. The fourth-order valence-corrected chi connectivity index (χ4v) is 4.17. The Hall–Kier alpha value is -1.50. The van der Waals surface area contributed by atoms with Gasteiger partial charge < -0.3 is 5.11 Å². The van der Waals surface area contributed by atoms with E-state index < -0.39 is 0 Å². The molecule has 138 valence electrons. The molecule has 0 aromatic heterocycles. The minimum Gasteiger partial charge on any atom is -0.508 e. The van der Waals surface area contributed by atoms with Crippen molar-refractivity contribution in [3.8, 4) is 5.75 Å². The Balaban J connectivity index is 2.12. The van der Waals surface area contributed by atoms with Crippen molar-refractivity contribution >= 4 is 0 Å². The van der Waals surface area contributed by atoms with Gasteiger partial charge in [-0.25, -0.2) is 0 Å². The topological polar surface area (TPSA) is 20.2 Å². The number of hydrogen-bond donors (Lipinski definition) is 1. The number of aromatic hydroxyl groups is 1. The molecule has 0 amide bonds. The smallest absolute Gasteiger partial charge is 0.119 e. The molecule has 0 spiro atoms. The summed E-state index contributed by atoms with van der Waals surface area (Å²) in [4.78, 5) is 0. The molecule has 1 aromatic rings. The van der Waals surface area contributed by atoms with Crippen LogP contribution in [0.15, 0.2) is 42.0 Å². The van der Waals surface area contributed by atoms with E-state index in [0.717, 1.165) is 24.8 Å². The molecule has 0 aliphatic heterocycles. The van der Waals surface area contributed by atoms with E-state index in [9.17, 15) is 5.11 Å². The van der Waals surface area contributed by atoms with E-state index in [0.29, 0.717) is 17.6 Å². The first-order chi connectivity index (χ1) is 11.9. The third-order valence-corrected chi connectivity index (χ3v) is 5.72. The van der Waals surface area contributed by atoms with Gasteiger partial charge in [-0.3, -0.25) is 0 Å². The molecule has 0 saturated heterocycles. The highest BCUT2D eigenvalue weighted by Gasteiger charge is 2.27. The van der Waals surface area contributed by atoms with Crippen LogP contribution in [0.5, 0.6) is 5.75 Å². The molecule has 1 aliphatic rings. The van der Waals surface area contributed by atoms with Crippen molar-refractivity contribution in [1.29, 1.82) is 0 Å². The fraction of sp³-hybridized carbons (Fsp3) is 0.583. The van der Waals surface area contributed by atoms with Gasteiger partial charge in [0.15, 0.2) is 0 Å². The second kappa shape index (κ2) is 9.27. The van der Waals surface area contributed by atoms with Crippen LogP contribution in [-0.4, -0.2) is 5.11 Å². The van der Waals surface area contributed by atoms with Gasteiger partial charge in [-0.05, 0) is 56.6 Å². The predicted molar refractivity (Wildman–Crippen MR) is 109 cm³/mol. The first-order valence-electron chi connectivity index (χ1n) is 10.1. The normalized spacial score (nSPS) is 21.7. The second-order valence-corrected chi connectivity index (χ2v) is 8.23. The Morgan fingerprint density at radius 1 is 1.32 bits per heavy atom. The molecule has 3 atom stereocenters. The quantitative estimate of drug-likeness (QED) is 0.393. The van der Waals surface area contributed by atoms with Crippen LogP contribution < -0.4 is 0 Å². The van der Waals surface area contributed by atoms with Crippen molar-refractivity contribution in [3.63, 3.8) is 0 Å². The molecule has 1 aliphatic carbocycles. The molecule has 0 radical (unpaired) electrons. The van der Waals surface area contributed by atoms with Gasteiger partial charge in [0.1, 0.15) is 5.75 Å². The molecule has 0 heterocycles. The summed E-state index contributed by atoms with van der Waals surface area (Å²) in [6, 6.07) is 6.37. The Morgan fingerprint density at radius 3 is 2.72 bits per heavy atom. The zero-order chi connectivity index (χ0) is 18.4. The lowest BCUT2D eigenvalue weighted by Gasteiger charge is -2.31. The summed E-state index contributed by atoms with van der Waals surface area (Å²) in [5.74, 6) is 1.84. The largest absolute Gasteiger partial charge is 0.508 e. The average molecular weight is 341 g/mol. The average Bonchev–Trinajstić information content (AvgIpc) is 2.55. The van der Waals surface area contributed by atoms with Crippen LogP contribution in [0.2, 0.25) is 0 Å². The second-order valence-electron chi connectivity index (χ2n) is 8.23. The van der Waals surface area contributed by atoms with Gasteiger partial charge in [0.25, 0.3) is 0 Å². The first-order valence-corrected chi connectivity index (χ1v) is 10.1. The maximum Gasteiger partial charge on any atom is 0.119 e. The van der Waals surface area contributed by atoms with E-state index >= 15 is 0 Å². The van der Waals surface area contributed by atoms with Crippen LogP contribution in [0.4, 0.5) is 0 Å². The van der Waals surface area contributed by atoms with Gasteiger partial charge in [0, 0.05) is 11.5 Å². The molecule has 0 bridgehead atoms. The number of phenolic OH excluding ortho intramolecular Hbond substituents is 1. The van der Waals surface area contributed by atoms with E-state index in [1.54, 1.807) is 0 Å². The minimum absolute atomic E-state index is 0.266. The lowest BCUT2D eigenvalue weighted by molar-refractivity contribution is 0.435. The molecule has 1 N–H and O–H groups in total. The van der Waals surface area contributed by atoms with Gasteiger partial charge in [-0.15, -0.1) is 0 Å². The van der Waals surface area contributed by atoms with Crippen LogP contribution in [0.1, 0.15) is 83.3 Å². The number of allylic oxidation sites excluding steroid dienone is 3. The third-order valence-electron chi connectivity index (χ3n) is 5.72. The highest BCUT2D eigenvalue weighted by molar-refractivity contribution is 5.43. The Morgan fingerprint density at radius 2 is 2.08 bits per heavy atom. The molecule has 1 heteroatoms. The molecule has 1 aromatic carbocycles. The first kappa shape index (κ1) is 19.8. The zero-order valence-corrected chi connectivity index (χ0v) is 16.6. The SMILES string of the molecule is C=C(C)C1CCC(C)=CC1c1ccc(CC(C)CCCCC)cc1O. The number of hydrogen-bond acceptors (Lipinski definition) is 1. The minimum atomic E-state index is 0.266. The number of unbranched alkanes of at least 4 members (excludes halogenated alkanes) is 2. The molecule has 3 unspecified atom stereocenters. The highest BCUT2D eigenvalue weighted by atomic mass is 16.3. The molecule has 1 nitrogen and oxygen atoms in total. The zero-order valence-electron chi connectivity index (χ0n) is 16.6. The highest BCUT2D eigenvalue weighted by Crippen LogP contribution is 2.42. The van der Waals surface area contributed by atoms with Crippen molar-refractivity contribution in [2.75, 3.05) is 0 Å². The maximum atomic E-state index is 10.7. The molecule has 0 saturated carbocycles. The lowest BCUT2D eigenvalue weighted by atomic mass is 9.74. The molecular weight excluding hydrogens is 304 g/mol. The van der Waals surface area contributed by atoms with Crippen molar-refractivity contribution in [2.45, 2.75) is 78.6 Å². The van der Waals surface area contributed by atoms with Gasteiger partial charge in [0.2, 0.25) is 0 Å². The monoisotopic (exact) mass is 340 g/mol. The van der Waals surface area contributed by atoms with Crippen LogP contribution in [0.3, 0.4) is 0 Å². The van der Waals surface area contributed by atoms with Crippen molar-refractivity contribution in [3.05, 3.63) is 53.1 Å². The third kappa shape index (κ3) is 5.49. The van der Waals surface area contributed by atoms with Crippen LogP contribution in [-0.2, 0) is 6.42 Å². The Bertz CT molecular complexity index is 611. The van der Waals surface area contributed by atoms with Crippen molar-refractivity contribution < 1.29 is 5.11 Å². The number of phenols is 1. The fourth-order valence-electron chi connectivity index (χ4n) is 4.17. The Kier molecular flexibility index (Phi) is 7.35. The summed E-state index contributed by atoms with van der Waals surface area (Å²) < 4.78 is 0. The van der Waals surface area contributed by atoms with Crippen LogP contribution >= 0.6 is 0 Å². The summed E-state index contributed by atoms with van der Waals surface area (Å²) >= 11 is 0. The van der Waals surface area contributed by atoms with E-state index in [1.807, 2.05) is 6.07 Å². The van der Waals surface area contributed by atoms with E-state index in [4.69, 9.17) is 0 Å². The van der Waals surface area contributed by atoms with Crippen molar-refractivity contribution in [1.82, 2.24) is 0 Å². The van der Waals surface area contributed by atoms with Crippen molar-refractivity contribution in [2.24, 2.45) is 11.8 Å². The standard InChI is InChI=1S/C24H36O/c1-6-7-8-9-18(4)14-20-11-13-22(24(25)16-20)23-15-19(5)10-12-21(23)17(2)3/h11,13,15-16,18,21,23,25H,2,6-10,12,14H2,1,3-5H3. The number of benzene rings is 1. The molecule has 0 fully saturated rings. The summed E-state index contributed by atoms with van der Waals surface area (Å²) in [6.07, 6.45) is 10.9. The predicted octanol–water partition coefficient (Wildman–Crippen LogP) is 7.17. The van der Waals surface area contributed by atoms with E-state index in [1.165, 1.54) is 42.4 Å². The van der Waals surface area contributed by atoms with Crippen LogP contribution in [0.25, 0.3) is 0 Å². The summed E-state index contributed by atoms with van der Waals surface area (Å²) in [6.45, 7) is 13.1. The Labute approximate surface area is 154 Å². The molecule has 2 rings (SSSR count). The molecular formula is C24H36O. The maximum absolute atomic E-state index is 10.7. The summed E-state index contributed by atoms with van der Waals surface area (Å²) in [5.41, 5.74) is 4.97. The van der Waals surface area contributed by atoms with Gasteiger partial charge in [0.05, 0.1) is 0 Å².